The van der Waals surface area contributed by atoms with E-state index in [0.717, 1.165) is 23.4 Å². The Morgan fingerprint density at radius 1 is 1.11 bits per heavy atom. The molecule has 146 valence electrons. The van der Waals surface area contributed by atoms with Crippen LogP contribution in [0.5, 0.6) is 0 Å². The molecule has 1 heterocycles. The molecule has 7 nitrogen and oxygen atoms in total. The molecule has 0 spiro atoms. The Morgan fingerprint density at radius 2 is 1.82 bits per heavy atom. The van der Waals surface area contributed by atoms with Crippen LogP contribution in [0, 0.1) is 0 Å². The van der Waals surface area contributed by atoms with E-state index in [-0.39, 0.29) is 23.7 Å². The van der Waals surface area contributed by atoms with Crippen molar-refractivity contribution in [2.75, 3.05) is 0 Å². The Hall–Kier alpha value is -3.26. The van der Waals surface area contributed by atoms with Gasteiger partial charge in [0.2, 0.25) is 0 Å². The Bertz CT molecular complexity index is 890. The number of nitrogens with one attached hydrogen (secondary N) is 2. The molecule has 8 heteroatoms. The van der Waals surface area contributed by atoms with E-state index in [1.807, 2.05) is 25.1 Å². The predicted octanol–water partition coefficient (Wildman–Crippen LogP) is 2.71. The van der Waals surface area contributed by atoms with E-state index in [4.69, 9.17) is 4.74 Å². The monoisotopic (exact) mass is 399 g/mol. The number of aromatic nitrogens is 1. The molecule has 2 amide bonds. The van der Waals surface area contributed by atoms with Crippen LogP contribution in [0.1, 0.15) is 34.4 Å². The predicted molar refractivity (Wildman–Crippen MR) is 106 cm³/mol. The third-order valence-electron chi connectivity index (χ3n) is 3.51. The van der Waals surface area contributed by atoms with Gasteiger partial charge in [-0.1, -0.05) is 50.4 Å². The summed E-state index contributed by atoms with van der Waals surface area (Å²) in [7, 11) is 0. The molecule has 2 N–H and O–H groups in total. The normalized spacial score (nSPS) is 10.0. The number of nitrogens with zero attached hydrogens (tertiary/aromatic N) is 1. The molecule has 0 unspecified atom stereocenters. The van der Waals surface area contributed by atoms with Crippen molar-refractivity contribution in [3.05, 3.63) is 76.5 Å². The van der Waals surface area contributed by atoms with Crippen molar-refractivity contribution in [1.29, 1.82) is 0 Å². The van der Waals surface area contributed by atoms with Gasteiger partial charge in [0.1, 0.15) is 18.0 Å². The van der Waals surface area contributed by atoms with Gasteiger partial charge >= 0.3 is 5.97 Å². The Labute approximate surface area is 167 Å². The zero-order valence-corrected chi connectivity index (χ0v) is 16.3. The second-order valence-electron chi connectivity index (χ2n) is 5.80. The number of carbonyl (C=O) groups excluding carboxylic acids is 3. The number of hydrogen-bond donors (Lipinski definition) is 2. The summed E-state index contributed by atoms with van der Waals surface area (Å²) in [6.45, 7) is 9.06. The van der Waals surface area contributed by atoms with Gasteiger partial charge in [-0.15, -0.1) is 11.3 Å². The first kappa shape index (κ1) is 21.0. The van der Waals surface area contributed by atoms with Crippen LogP contribution in [-0.4, -0.2) is 22.8 Å². The number of ether oxygens (including phenoxy) is 1. The molecule has 2 aromatic rings. The van der Waals surface area contributed by atoms with Gasteiger partial charge < -0.3 is 15.4 Å². The van der Waals surface area contributed by atoms with E-state index in [1.54, 1.807) is 17.5 Å². The minimum absolute atomic E-state index is 0.0518. The number of benzene rings is 1. The smallest absolute Gasteiger partial charge is 0.354 e. The molecule has 0 bridgehead atoms. The summed E-state index contributed by atoms with van der Waals surface area (Å²) in [5.74, 6) is -2.09. The summed E-state index contributed by atoms with van der Waals surface area (Å²) in [6, 6.07) is 9.09. The molecule has 0 saturated heterocycles. The molecule has 0 aliphatic heterocycles. The van der Waals surface area contributed by atoms with Crippen LogP contribution in [0.2, 0.25) is 0 Å². The summed E-state index contributed by atoms with van der Waals surface area (Å²) in [6.07, 6.45) is 1.70. The first-order chi connectivity index (χ1) is 13.4. The number of rotatable bonds is 9. The number of carbonyl (C=O) groups is 3. The van der Waals surface area contributed by atoms with Gasteiger partial charge in [-0.05, 0) is 18.4 Å². The van der Waals surface area contributed by atoms with E-state index in [0.29, 0.717) is 0 Å². The zero-order valence-electron chi connectivity index (χ0n) is 15.5. The standard InChI is InChI=1S/C20H21N3O4S/c1-4-8-17-23-16(12-28-17)19(25)21-13(2)18(24)22-14(3)20(26)27-11-15-9-6-5-7-10-15/h5-7,9-10,12H,2-4,8,11H2,1H3,(H,21,25)(H,22,24). The highest BCUT2D eigenvalue weighted by atomic mass is 32.1. The van der Waals surface area contributed by atoms with Crippen LogP contribution in [0.15, 0.2) is 60.3 Å². The molecule has 2 rings (SSSR count). The molecule has 0 aliphatic carbocycles. The molecule has 0 atom stereocenters. The maximum atomic E-state index is 12.1. The Kier molecular flexibility index (Phi) is 7.65. The lowest BCUT2D eigenvalue weighted by Gasteiger charge is -2.10. The summed E-state index contributed by atoms with van der Waals surface area (Å²) in [5, 5.41) is 7.08. The number of esters is 1. The van der Waals surface area contributed by atoms with Crippen LogP contribution >= 0.6 is 11.3 Å². The van der Waals surface area contributed by atoms with Crippen molar-refractivity contribution in [3.63, 3.8) is 0 Å². The lowest BCUT2D eigenvalue weighted by molar-refractivity contribution is -0.141. The fourth-order valence-corrected chi connectivity index (χ4v) is 2.96. The van der Waals surface area contributed by atoms with E-state index >= 15 is 0 Å². The molecule has 0 aliphatic rings. The first-order valence-corrected chi connectivity index (χ1v) is 9.44. The molecular formula is C20H21N3O4S. The van der Waals surface area contributed by atoms with Crippen LogP contribution in [0.25, 0.3) is 0 Å². The van der Waals surface area contributed by atoms with Gasteiger partial charge in [-0.25, -0.2) is 9.78 Å². The first-order valence-electron chi connectivity index (χ1n) is 8.56. The van der Waals surface area contributed by atoms with Gasteiger partial charge in [0.25, 0.3) is 11.8 Å². The average Bonchev–Trinajstić information content (AvgIpc) is 3.15. The third-order valence-corrected chi connectivity index (χ3v) is 4.42. The summed E-state index contributed by atoms with van der Waals surface area (Å²) >= 11 is 1.38. The molecule has 1 aromatic carbocycles. The van der Waals surface area contributed by atoms with Crippen LogP contribution in [-0.2, 0) is 27.4 Å². The van der Waals surface area contributed by atoms with Crippen molar-refractivity contribution in [2.24, 2.45) is 0 Å². The van der Waals surface area contributed by atoms with E-state index in [2.05, 4.69) is 28.8 Å². The number of hydrogen-bond acceptors (Lipinski definition) is 6. The summed E-state index contributed by atoms with van der Waals surface area (Å²) < 4.78 is 5.07. The van der Waals surface area contributed by atoms with Crippen molar-refractivity contribution >= 4 is 29.1 Å². The highest BCUT2D eigenvalue weighted by Gasteiger charge is 2.18. The fraction of sp³-hybridized carbons (Fsp3) is 0.200. The number of thiazole rings is 1. The van der Waals surface area contributed by atoms with Crippen LogP contribution in [0.4, 0.5) is 0 Å². The molecule has 28 heavy (non-hydrogen) atoms. The van der Waals surface area contributed by atoms with Gasteiger partial charge in [0.05, 0.1) is 10.7 Å². The third kappa shape index (κ3) is 6.17. The molecule has 0 radical (unpaired) electrons. The van der Waals surface area contributed by atoms with Crippen LogP contribution in [0.3, 0.4) is 0 Å². The number of aryl methyl sites for hydroxylation is 1. The maximum Gasteiger partial charge on any atom is 0.354 e. The molecular weight excluding hydrogens is 378 g/mol. The largest absolute Gasteiger partial charge is 0.456 e. The Morgan fingerprint density at radius 3 is 2.50 bits per heavy atom. The highest BCUT2D eigenvalue weighted by Crippen LogP contribution is 2.12. The lowest BCUT2D eigenvalue weighted by Crippen LogP contribution is -2.35. The van der Waals surface area contributed by atoms with Crippen molar-refractivity contribution < 1.29 is 19.1 Å². The van der Waals surface area contributed by atoms with E-state index in [1.165, 1.54) is 11.3 Å². The molecule has 0 fully saturated rings. The Balaban J connectivity index is 1.81. The topological polar surface area (TPSA) is 97.4 Å². The van der Waals surface area contributed by atoms with E-state index < -0.39 is 17.8 Å². The second-order valence-corrected chi connectivity index (χ2v) is 6.75. The maximum absolute atomic E-state index is 12.1. The SMILES string of the molecule is C=C(NC(=O)c1csc(CCC)n1)C(=O)NC(=C)C(=O)OCc1ccccc1. The summed E-state index contributed by atoms with van der Waals surface area (Å²) in [5.41, 5.74) is 0.531. The average molecular weight is 399 g/mol. The quantitative estimate of drug-likeness (QED) is 0.499. The number of amides is 2. The molecule has 0 saturated carbocycles. The van der Waals surface area contributed by atoms with Gasteiger partial charge in [-0.2, -0.15) is 0 Å². The van der Waals surface area contributed by atoms with Gasteiger partial charge in [0.15, 0.2) is 0 Å². The summed E-state index contributed by atoms with van der Waals surface area (Å²) in [4.78, 5) is 40.3. The van der Waals surface area contributed by atoms with Gasteiger partial charge in [-0.3, -0.25) is 9.59 Å². The van der Waals surface area contributed by atoms with Crippen molar-refractivity contribution in [1.82, 2.24) is 15.6 Å². The van der Waals surface area contributed by atoms with Crippen LogP contribution < -0.4 is 10.6 Å². The highest BCUT2D eigenvalue weighted by molar-refractivity contribution is 7.09. The minimum atomic E-state index is -0.778. The minimum Gasteiger partial charge on any atom is -0.456 e. The zero-order chi connectivity index (χ0) is 20.5. The molecule has 1 aromatic heterocycles. The second kappa shape index (κ2) is 10.2. The van der Waals surface area contributed by atoms with Crippen molar-refractivity contribution in [2.45, 2.75) is 26.4 Å². The fourth-order valence-electron chi connectivity index (χ4n) is 2.08. The van der Waals surface area contributed by atoms with Crippen molar-refractivity contribution in [3.8, 4) is 0 Å². The van der Waals surface area contributed by atoms with E-state index in [9.17, 15) is 14.4 Å². The van der Waals surface area contributed by atoms with Gasteiger partial charge in [0, 0.05) is 5.38 Å². The lowest BCUT2D eigenvalue weighted by atomic mass is 10.2.